The number of carbonyl (C=O) groups is 2. The lowest BCUT2D eigenvalue weighted by atomic mass is 9.81. The second-order valence-corrected chi connectivity index (χ2v) is 7.53. The van der Waals surface area contributed by atoms with Crippen LogP contribution >= 0.6 is 0 Å². The molecular formula is C22H24F2N2O3. The molecular weight excluding hydrogens is 378 g/mol. The maximum Gasteiger partial charge on any atom is 0.260 e. The van der Waals surface area contributed by atoms with Crippen molar-refractivity contribution in [2.24, 2.45) is 5.41 Å². The van der Waals surface area contributed by atoms with Gasteiger partial charge in [0, 0.05) is 19.6 Å². The van der Waals surface area contributed by atoms with Gasteiger partial charge in [0.1, 0.15) is 17.4 Å². The first-order valence-corrected chi connectivity index (χ1v) is 9.55. The Hall–Kier alpha value is -2.96. The van der Waals surface area contributed by atoms with Gasteiger partial charge in [-0.1, -0.05) is 12.1 Å². The summed E-state index contributed by atoms with van der Waals surface area (Å²) in [4.78, 5) is 26.9. The van der Waals surface area contributed by atoms with Gasteiger partial charge in [0.2, 0.25) is 5.91 Å². The zero-order chi connectivity index (χ0) is 20.9. The Balaban J connectivity index is 1.53. The Bertz CT molecular complexity index is 855. The molecule has 1 atom stereocenters. The number of likely N-dealkylation sites (tertiary alicyclic amines) is 1. The van der Waals surface area contributed by atoms with Crippen LogP contribution in [-0.2, 0) is 16.1 Å². The largest absolute Gasteiger partial charge is 0.484 e. The van der Waals surface area contributed by atoms with Gasteiger partial charge in [-0.05, 0) is 61.7 Å². The van der Waals surface area contributed by atoms with E-state index in [1.54, 1.807) is 17.0 Å². The molecule has 0 aromatic heterocycles. The predicted molar refractivity (Wildman–Crippen MR) is 104 cm³/mol. The fourth-order valence-electron chi connectivity index (χ4n) is 3.40. The summed E-state index contributed by atoms with van der Waals surface area (Å²) in [6.07, 6.45) is 1.38. The number of piperidine rings is 1. The van der Waals surface area contributed by atoms with Crippen molar-refractivity contribution in [3.05, 3.63) is 65.7 Å². The quantitative estimate of drug-likeness (QED) is 0.807. The molecule has 1 N–H and O–H groups in total. The standard InChI is InChI=1S/C22H24F2N2O3/c1-22(21(28)25-13-16-3-5-17(23)6-4-16)11-2-12-26(15-22)20(27)14-29-19-9-7-18(24)8-10-19/h3-10H,2,11-15H2,1H3,(H,25,28)/t22-/m0/s1. The van der Waals surface area contributed by atoms with Gasteiger partial charge in [-0.2, -0.15) is 0 Å². The molecule has 2 amide bonds. The van der Waals surface area contributed by atoms with Gasteiger partial charge in [-0.15, -0.1) is 0 Å². The molecule has 0 aliphatic carbocycles. The van der Waals surface area contributed by atoms with Gasteiger partial charge in [0.15, 0.2) is 6.61 Å². The van der Waals surface area contributed by atoms with E-state index in [2.05, 4.69) is 5.32 Å². The summed E-state index contributed by atoms with van der Waals surface area (Å²) in [6.45, 7) is 2.84. The van der Waals surface area contributed by atoms with E-state index < -0.39 is 5.41 Å². The van der Waals surface area contributed by atoms with Gasteiger partial charge in [0.05, 0.1) is 5.41 Å². The molecule has 154 valence electrons. The average Bonchev–Trinajstić information content (AvgIpc) is 2.72. The maximum atomic E-state index is 13.0. The van der Waals surface area contributed by atoms with Crippen LogP contribution in [0.4, 0.5) is 8.78 Å². The molecule has 2 aromatic carbocycles. The van der Waals surface area contributed by atoms with Gasteiger partial charge in [0.25, 0.3) is 5.91 Å². The number of hydrogen-bond donors (Lipinski definition) is 1. The summed E-state index contributed by atoms with van der Waals surface area (Å²) in [7, 11) is 0. The highest BCUT2D eigenvalue weighted by molar-refractivity contribution is 5.84. The second-order valence-electron chi connectivity index (χ2n) is 7.53. The normalized spacial score (nSPS) is 18.9. The molecule has 1 heterocycles. The number of rotatable bonds is 6. The minimum atomic E-state index is -0.705. The molecule has 1 fully saturated rings. The van der Waals surface area contributed by atoms with Crippen LogP contribution in [0.5, 0.6) is 5.75 Å². The number of amides is 2. The molecule has 1 saturated heterocycles. The van der Waals surface area contributed by atoms with E-state index >= 15 is 0 Å². The van der Waals surface area contributed by atoms with Crippen LogP contribution in [0.15, 0.2) is 48.5 Å². The molecule has 7 heteroatoms. The Morgan fingerprint density at radius 2 is 1.69 bits per heavy atom. The summed E-state index contributed by atoms with van der Waals surface area (Å²) < 4.78 is 31.4. The first-order valence-electron chi connectivity index (χ1n) is 9.55. The Kier molecular flexibility index (Phi) is 6.46. The van der Waals surface area contributed by atoms with Crippen LogP contribution in [0.25, 0.3) is 0 Å². The van der Waals surface area contributed by atoms with E-state index in [4.69, 9.17) is 4.74 Å². The third-order valence-corrected chi connectivity index (χ3v) is 5.14. The van der Waals surface area contributed by atoms with Crippen LogP contribution in [0, 0.1) is 17.0 Å². The van der Waals surface area contributed by atoms with Gasteiger partial charge in [-0.25, -0.2) is 8.78 Å². The number of nitrogens with one attached hydrogen (secondary N) is 1. The smallest absolute Gasteiger partial charge is 0.260 e. The average molecular weight is 402 g/mol. The fourth-order valence-corrected chi connectivity index (χ4v) is 3.40. The molecule has 2 aromatic rings. The highest BCUT2D eigenvalue weighted by Crippen LogP contribution is 2.30. The highest BCUT2D eigenvalue weighted by Gasteiger charge is 2.39. The van der Waals surface area contributed by atoms with Gasteiger partial charge >= 0.3 is 0 Å². The summed E-state index contributed by atoms with van der Waals surface area (Å²) in [6, 6.07) is 11.4. The second kappa shape index (κ2) is 9.03. The van der Waals surface area contributed by atoms with E-state index in [1.807, 2.05) is 6.92 Å². The first kappa shape index (κ1) is 20.8. The summed E-state index contributed by atoms with van der Waals surface area (Å²) >= 11 is 0. The molecule has 3 rings (SSSR count). The number of benzene rings is 2. The Labute approximate surface area is 168 Å². The van der Waals surface area contributed by atoms with E-state index in [1.165, 1.54) is 36.4 Å². The third-order valence-electron chi connectivity index (χ3n) is 5.14. The third kappa shape index (κ3) is 5.53. The van der Waals surface area contributed by atoms with Crippen LogP contribution in [0.2, 0.25) is 0 Å². The van der Waals surface area contributed by atoms with E-state index in [-0.39, 0.29) is 30.1 Å². The molecule has 29 heavy (non-hydrogen) atoms. The van der Waals surface area contributed by atoms with Crippen LogP contribution < -0.4 is 10.1 Å². The molecule has 1 aliphatic rings. The molecule has 0 saturated carbocycles. The maximum absolute atomic E-state index is 13.0. The molecule has 5 nitrogen and oxygen atoms in total. The number of nitrogens with zero attached hydrogens (tertiary/aromatic N) is 1. The number of hydrogen-bond acceptors (Lipinski definition) is 3. The van der Waals surface area contributed by atoms with Crippen LogP contribution in [-0.4, -0.2) is 36.4 Å². The van der Waals surface area contributed by atoms with Crippen LogP contribution in [0.3, 0.4) is 0 Å². The van der Waals surface area contributed by atoms with Crippen molar-refractivity contribution in [2.75, 3.05) is 19.7 Å². The Morgan fingerprint density at radius 3 is 2.34 bits per heavy atom. The van der Waals surface area contributed by atoms with E-state index in [0.29, 0.717) is 38.2 Å². The SMILES string of the molecule is C[C@]1(C(=O)NCc2ccc(F)cc2)CCCN(C(=O)COc2ccc(F)cc2)C1. The minimum absolute atomic E-state index is 0.140. The molecule has 0 unspecified atom stereocenters. The minimum Gasteiger partial charge on any atom is -0.484 e. The van der Waals surface area contributed by atoms with Crippen molar-refractivity contribution in [1.29, 1.82) is 0 Å². The lowest BCUT2D eigenvalue weighted by molar-refractivity contribution is -0.142. The number of halogens is 2. The zero-order valence-electron chi connectivity index (χ0n) is 16.3. The Morgan fingerprint density at radius 1 is 1.07 bits per heavy atom. The van der Waals surface area contributed by atoms with Crippen molar-refractivity contribution in [2.45, 2.75) is 26.3 Å². The van der Waals surface area contributed by atoms with E-state index in [0.717, 1.165) is 5.56 Å². The van der Waals surface area contributed by atoms with Crippen molar-refractivity contribution >= 4 is 11.8 Å². The molecule has 1 aliphatic heterocycles. The van der Waals surface area contributed by atoms with Crippen molar-refractivity contribution < 1.29 is 23.1 Å². The fraction of sp³-hybridized carbons (Fsp3) is 0.364. The molecule has 0 bridgehead atoms. The zero-order valence-corrected chi connectivity index (χ0v) is 16.3. The van der Waals surface area contributed by atoms with Crippen molar-refractivity contribution in [3.63, 3.8) is 0 Å². The first-order chi connectivity index (χ1) is 13.9. The molecule has 0 radical (unpaired) electrons. The van der Waals surface area contributed by atoms with Crippen molar-refractivity contribution in [3.8, 4) is 5.75 Å². The van der Waals surface area contributed by atoms with Crippen molar-refractivity contribution in [1.82, 2.24) is 10.2 Å². The van der Waals surface area contributed by atoms with Crippen LogP contribution in [0.1, 0.15) is 25.3 Å². The van der Waals surface area contributed by atoms with E-state index in [9.17, 15) is 18.4 Å². The number of ether oxygens (including phenoxy) is 1. The van der Waals surface area contributed by atoms with Gasteiger partial charge < -0.3 is 15.0 Å². The monoisotopic (exact) mass is 402 g/mol. The number of carbonyl (C=O) groups excluding carboxylic acids is 2. The molecule has 0 spiro atoms. The van der Waals surface area contributed by atoms with Gasteiger partial charge in [-0.3, -0.25) is 9.59 Å². The predicted octanol–water partition coefficient (Wildman–Crippen LogP) is 3.29. The summed E-state index contributed by atoms with van der Waals surface area (Å²) in [5, 5.41) is 2.89. The summed E-state index contributed by atoms with van der Waals surface area (Å²) in [5.41, 5.74) is 0.101. The summed E-state index contributed by atoms with van der Waals surface area (Å²) in [5.74, 6) is -0.639. The highest BCUT2D eigenvalue weighted by atomic mass is 19.1. The topological polar surface area (TPSA) is 58.6 Å². The lowest BCUT2D eigenvalue weighted by Crippen LogP contribution is -2.52. The lowest BCUT2D eigenvalue weighted by Gasteiger charge is -2.39.